The van der Waals surface area contributed by atoms with Crippen molar-refractivity contribution in [3.05, 3.63) is 47.0 Å². The summed E-state index contributed by atoms with van der Waals surface area (Å²) in [6.07, 6.45) is -0.188. The van der Waals surface area contributed by atoms with Gasteiger partial charge < -0.3 is 5.32 Å². The maximum absolute atomic E-state index is 12.5. The molecule has 0 atom stereocenters. The number of hydrogen-bond acceptors (Lipinski definition) is 6. The lowest BCUT2D eigenvalue weighted by atomic mass is 10.2. The lowest BCUT2D eigenvalue weighted by molar-refractivity contribution is -0.115. The number of rotatable bonds is 5. The minimum absolute atomic E-state index is 0.00160. The zero-order chi connectivity index (χ0) is 18.0. The first-order chi connectivity index (χ1) is 11.9. The van der Waals surface area contributed by atoms with Crippen molar-refractivity contribution in [3.63, 3.8) is 0 Å². The van der Waals surface area contributed by atoms with Crippen molar-refractivity contribution in [2.24, 2.45) is 0 Å². The summed E-state index contributed by atoms with van der Waals surface area (Å²) < 4.78 is 29.6. The molecule has 0 aliphatic rings. The smallest absolute Gasteiger partial charge is 0.225 e. The number of anilines is 1. The lowest BCUT2D eigenvalue weighted by Gasteiger charge is -2.09. The number of nitrogens with zero attached hydrogens (tertiary/aromatic N) is 2. The third-order valence-electron chi connectivity index (χ3n) is 3.64. The van der Waals surface area contributed by atoms with Crippen LogP contribution in [-0.4, -0.2) is 30.4 Å². The largest absolute Gasteiger partial charge is 0.326 e. The number of aryl methyl sites for hydroxylation is 1. The zero-order valence-corrected chi connectivity index (χ0v) is 14.8. The first-order valence-corrected chi connectivity index (χ1v) is 9.40. The molecular weight excluding hydrogens is 366 g/mol. The van der Waals surface area contributed by atoms with E-state index in [1.165, 1.54) is 6.07 Å². The molecule has 2 aromatic carbocycles. The maximum Gasteiger partial charge on any atom is 0.225 e. The molecule has 3 aromatic rings. The van der Waals surface area contributed by atoms with E-state index in [0.717, 1.165) is 5.56 Å². The van der Waals surface area contributed by atoms with Gasteiger partial charge in [-0.2, -0.15) is 0 Å². The van der Waals surface area contributed by atoms with Gasteiger partial charge in [0.1, 0.15) is 5.52 Å². The Kier molecular flexibility index (Phi) is 4.73. The standard InChI is InChI=1S/C16H14ClN3O4S/c1-10-9-11(17)5-6-12(10)18-15(21)7-8-25(22,23)14-4-2-3-13-16(14)20-24-19-13/h2-6,9H,7-8H2,1H3,(H,18,21). The van der Waals surface area contributed by atoms with E-state index in [9.17, 15) is 13.2 Å². The fraction of sp³-hybridized carbons (Fsp3) is 0.188. The zero-order valence-electron chi connectivity index (χ0n) is 13.2. The van der Waals surface area contributed by atoms with E-state index in [2.05, 4.69) is 20.3 Å². The van der Waals surface area contributed by atoms with E-state index in [0.29, 0.717) is 16.2 Å². The molecule has 25 heavy (non-hydrogen) atoms. The van der Waals surface area contributed by atoms with Gasteiger partial charge in [-0.3, -0.25) is 4.79 Å². The third kappa shape index (κ3) is 3.80. The number of carbonyl (C=O) groups excluding carboxylic acids is 1. The molecule has 1 aromatic heterocycles. The predicted molar refractivity (Wildman–Crippen MR) is 93.3 cm³/mol. The van der Waals surface area contributed by atoms with E-state index in [-0.39, 0.29) is 22.6 Å². The van der Waals surface area contributed by atoms with Crippen molar-refractivity contribution < 1.29 is 17.8 Å². The Morgan fingerprint density at radius 3 is 2.80 bits per heavy atom. The van der Waals surface area contributed by atoms with Crippen molar-refractivity contribution in [1.82, 2.24) is 10.3 Å². The number of hydrogen-bond donors (Lipinski definition) is 1. The predicted octanol–water partition coefficient (Wildman–Crippen LogP) is 2.99. The van der Waals surface area contributed by atoms with Crippen LogP contribution in [0.4, 0.5) is 5.69 Å². The van der Waals surface area contributed by atoms with Crippen molar-refractivity contribution in [2.75, 3.05) is 11.1 Å². The van der Waals surface area contributed by atoms with E-state index in [1.54, 1.807) is 37.3 Å². The molecular formula is C16H14ClN3O4S. The highest BCUT2D eigenvalue weighted by Crippen LogP contribution is 2.22. The van der Waals surface area contributed by atoms with Gasteiger partial charge in [-0.15, -0.1) is 0 Å². The van der Waals surface area contributed by atoms with Crippen LogP contribution in [0.1, 0.15) is 12.0 Å². The van der Waals surface area contributed by atoms with E-state index in [4.69, 9.17) is 11.6 Å². The topological polar surface area (TPSA) is 102 Å². The van der Waals surface area contributed by atoms with Crippen LogP contribution in [0.25, 0.3) is 11.0 Å². The molecule has 7 nitrogen and oxygen atoms in total. The van der Waals surface area contributed by atoms with Gasteiger partial charge in [-0.25, -0.2) is 13.0 Å². The Hall–Kier alpha value is -2.45. The lowest BCUT2D eigenvalue weighted by Crippen LogP contribution is -2.18. The minimum atomic E-state index is -3.71. The molecule has 0 saturated carbocycles. The molecule has 3 rings (SSSR count). The van der Waals surface area contributed by atoms with Crippen LogP contribution in [0.5, 0.6) is 0 Å². The SMILES string of the molecule is Cc1cc(Cl)ccc1NC(=O)CCS(=O)(=O)c1cccc2nonc12. The average molecular weight is 380 g/mol. The van der Waals surface area contributed by atoms with Gasteiger partial charge in [0.2, 0.25) is 5.91 Å². The second-order valence-corrected chi connectivity index (χ2v) is 7.98. The molecule has 0 unspecified atom stereocenters. The number of benzene rings is 2. The fourth-order valence-corrected chi connectivity index (χ4v) is 3.97. The van der Waals surface area contributed by atoms with Gasteiger partial charge in [0.15, 0.2) is 15.4 Å². The third-order valence-corrected chi connectivity index (χ3v) is 5.62. The van der Waals surface area contributed by atoms with Crippen LogP contribution in [0, 0.1) is 6.92 Å². The summed E-state index contributed by atoms with van der Waals surface area (Å²) in [6.45, 7) is 1.80. The number of halogens is 1. The van der Waals surface area contributed by atoms with Crippen LogP contribution in [-0.2, 0) is 14.6 Å². The molecule has 0 saturated heterocycles. The minimum Gasteiger partial charge on any atom is -0.326 e. The summed E-state index contributed by atoms with van der Waals surface area (Å²) in [7, 11) is -3.71. The summed E-state index contributed by atoms with van der Waals surface area (Å²) in [5, 5.41) is 10.5. The summed E-state index contributed by atoms with van der Waals surface area (Å²) >= 11 is 5.87. The van der Waals surface area contributed by atoms with Gasteiger partial charge >= 0.3 is 0 Å². The summed E-state index contributed by atoms with van der Waals surface area (Å²) in [5.74, 6) is -0.753. The number of carbonyl (C=O) groups is 1. The van der Waals surface area contributed by atoms with Gasteiger partial charge in [-0.1, -0.05) is 17.7 Å². The molecule has 0 radical (unpaired) electrons. The molecule has 9 heteroatoms. The molecule has 1 N–H and O–H groups in total. The molecule has 0 bridgehead atoms. The highest BCUT2D eigenvalue weighted by atomic mass is 35.5. The van der Waals surface area contributed by atoms with E-state index < -0.39 is 15.7 Å². The molecule has 0 fully saturated rings. The molecule has 1 heterocycles. The molecule has 130 valence electrons. The van der Waals surface area contributed by atoms with Crippen LogP contribution in [0.15, 0.2) is 45.9 Å². The maximum atomic E-state index is 12.5. The molecule has 0 spiro atoms. The van der Waals surface area contributed by atoms with Crippen LogP contribution >= 0.6 is 11.6 Å². The van der Waals surface area contributed by atoms with Crippen LogP contribution < -0.4 is 5.32 Å². The van der Waals surface area contributed by atoms with Gasteiger partial charge in [0, 0.05) is 17.1 Å². The average Bonchev–Trinajstić information content (AvgIpc) is 3.04. The quantitative estimate of drug-likeness (QED) is 0.731. The Labute approximate surface area is 148 Å². The fourth-order valence-electron chi connectivity index (χ4n) is 2.35. The Bertz CT molecular complexity index is 1050. The Balaban J connectivity index is 1.72. The number of sulfone groups is 1. The van der Waals surface area contributed by atoms with E-state index in [1.807, 2.05) is 0 Å². The highest BCUT2D eigenvalue weighted by molar-refractivity contribution is 7.91. The Morgan fingerprint density at radius 1 is 1.24 bits per heavy atom. The molecule has 1 amide bonds. The van der Waals surface area contributed by atoms with E-state index >= 15 is 0 Å². The number of nitrogens with one attached hydrogen (secondary N) is 1. The normalized spacial score (nSPS) is 11.6. The van der Waals surface area contributed by atoms with Crippen LogP contribution in [0.2, 0.25) is 5.02 Å². The first kappa shape index (κ1) is 17.4. The second kappa shape index (κ2) is 6.81. The van der Waals surface area contributed by atoms with Crippen LogP contribution in [0.3, 0.4) is 0 Å². The van der Waals surface area contributed by atoms with Gasteiger partial charge in [0.25, 0.3) is 0 Å². The van der Waals surface area contributed by atoms with Crippen molar-refractivity contribution in [2.45, 2.75) is 18.2 Å². The van der Waals surface area contributed by atoms with Crippen molar-refractivity contribution in [3.8, 4) is 0 Å². The van der Waals surface area contributed by atoms with Crippen molar-refractivity contribution in [1.29, 1.82) is 0 Å². The molecule has 0 aliphatic heterocycles. The molecule has 0 aliphatic carbocycles. The Morgan fingerprint density at radius 2 is 2.04 bits per heavy atom. The highest BCUT2D eigenvalue weighted by Gasteiger charge is 2.21. The summed E-state index contributed by atoms with van der Waals surface area (Å²) in [4.78, 5) is 12.1. The summed E-state index contributed by atoms with van der Waals surface area (Å²) in [6, 6.07) is 9.61. The monoisotopic (exact) mass is 379 g/mol. The number of aromatic nitrogens is 2. The number of fused-ring (bicyclic) bond motifs is 1. The summed E-state index contributed by atoms with van der Waals surface area (Å²) in [5.41, 5.74) is 1.90. The second-order valence-electron chi connectivity index (χ2n) is 5.46. The van der Waals surface area contributed by atoms with Crippen molar-refractivity contribution >= 4 is 44.1 Å². The van der Waals surface area contributed by atoms with Gasteiger partial charge in [-0.05, 0) is 53.1 Å². The number of amides is 1. The van der Waals surface area contributed by atoms with Gasteiger partial charge in [0.05, 0.1) is 10.6 Å². The first-order valence-electron chi connectivity index (χ1n) is 7.37.